The number of hydrogen-bond donors (Lipinski definition) is 0. The molecule has 1 unspecified atom stereocenters. The quantitative estimate of drug-likeness (QED) is 0.140. The van der Waals surface area contributed by atoms with Gasteiger partial charge < -0.3 is 4.90 Å². The van der Waals surface area contributed by atoms with Gasteiger partial charge in [-0.1, -0.05) is 217 Å². The van der Waals surface area contributed by atoms with Crippen molar-refractivity contribution in [2.45, 2.75) is 152 Å². The summed E-state index contributed by atoms with van der Waals surface area (Å²) >= 11 is 0. The summed E-state index contributed by atoms with van der Waals surface area (Å²) in [6.45, 7) is 2.48. The van der Waals surface area contributed by atoms with Crippen molar-refractivity contribution >= 4 is 17.1 Å². The Morgan fingerprint density at radius 1 is 0.343 bits per heavy atom. The van der Waals surface area contributed by atoms with Crippen LogP contribution >= 0.6 is 0 Å². The van der Waals surface area contributed by atoms with Gasteiger partial charge in [0, 0.05) is 22.4 Å². The lowest BCUT2D eigenvalue weighted by Gasteiger charge is -2.32. The lowest BCUT2D eigenvalue weighted by atomic mass is 9.73. The normalized spacial score (nSPS) is 19.7. The van der Waals surface area contributed by atoms with Crippen LogP contribution < -0.4 is 4.90 Å². The Bertz CT molecular complexity index is 2700. The summed E-state index contributed by atoms with van der Waals surface area (Å²) in [7, 11) is 0. The first kappa shape index (κ1) is 43.9. The zero-order valence-electron chi connectivity index (χ0n) is 40.2. The standard InChI is InChI=1S/C66H71N/c1-66(57-38-34-51(35-39-57)48-22-14-8-15-23-48)63-32-20-18-31-61(63)62-43-42-59(47-64(62)66)67(65-33-21-19-30-60(65)53-28-16-9-17-29-53)58-40-36-52(37-41-58)56-45-54(49-24-10-4-2-5-11-25-49)44-55(46-56)50-26-12-6-3-7-13-27-50/h9,16-21,28-50H,2-8,10-15,22-27H2,1H3. The molecule has 0 N–H and O–H groups in total. The number of anilines is 3. The van der Waals surface area contributed by atoms with Gasteiger partial charge >= 0.3 is 0 Å². The van der Waals surface area contributed by atoms with Gasteiger partial charge in [-0.25, -0.2) is 0 Å². The molecule has 0 bridgehead atoms. The summed E-state index contributed by atoms with van der Waals surface area (Å²) < 4.78 is 0. The molecule has 67 heavy (non-hydrogen) atoms. The molecule has 3 fully saturated rings. The van der Waals surface area contributed by atoms with Crippen LogP contribution in [0.5, 0.6) is 0 Å². The molecule has 0 aliphatic heterocycles. The molecule has 3 saturated carbocycles. The molecule has 0 amide bonds. The Labute approximate surface area is 402 Å². The molecule has 0 radical (unpaired) electrons. The van der Waals surface area contributed by atoms with Gasteiger partial charge in [-0.2, -0.15) is 0 Å². The third-order valence-corrected chi connectivity index (χ3v) is 16.9. The van der Waals surface area contributed by atoms with E-state index in [4.69, 9.17) is 0 Å². The second-order valence-corrected chi connectivity index (χ2v) is 21.1. The van der Waals surface area contributed by atoms with Crippen LogP contribution in [0, 0.1) is 0 Å². The third-order valence-electron chi connectivity index (χ3n) is 16.9. The van der Waals surface area contributed by atoms with E-state index in [0.717, 1.165) is 0 Å². The monoisotopic (exact) mass is 878 g/mol. The molecule has 4 aliphatic rings. The molecule has 11 rings (SSSR count). The first-order valence-corrected chi connectivity index (χ1v) is 26.7. The highest BCUT2D eigenvalue weighted by atomic mass is 15.1. The van der Waals surface area contributed by atoms with Gasteiger partial charge in [0.25, 0.3) is 0 Å². The first-order valence-electron chi connectivity index (χ1n) is 26.7. The molecule has 7 aromatic carbocycles. The van der Waals surface area contributed by atoms with E-state index in [9.17, 15) is 0 Å². The van der Waals surface area contributed by atoms with Crippen molar-refractivity contribution in [2.24, 2.45) is 0 Å². The van der Waals surface area contributed by atoms with E-state index in [1.54, 1.807) is 11.1 Å². The number of rotatable bonds is 9. The summed E-state index contributed by atoms with van der Waals surface area (Å²) in [5, 5.41) is 0. The molecule has 0 heterocycles. The van der Waals surface area contributed by atoms with E-state index in [-0.39, 0.29) is 5.41 Å². The summed E-state index contributed by atoms with van der Waals surface area (Å²) in [6.07, 6.45) is 25.9. The molecular formula is C66H71N. The Morgan fingerprint density at radius 2 is 0.836 bits per heavy atom. The van der Waals surface area contributed by atoms with Gasteiger partial charge in [-0.3, -0.25) is 0 Å². The Balaban J connectivity index is 1.02. The Kier molecular flexibility index (Phi) is 13.0. The fourth-order valence-electron chi connectivity index (χ4n) is 13.1. The maximum absolute atomic E-state index is 2.67. The maximum atomic E-state index is 2.67. The average molecular weight is 878 g/mol. The van der Waals surface area contributed by atoms with Crippen molar-refractivity contribution in [1.82, 2.24) is 0 Å². The van der Waals surface area contributed by atoms with Crippen LogP contribution in [0.25, 0.3) is 33.4 Å². The molecular weight excluding hydrogens is 807 g/mol. The van der Waals surface area contributed by atoms with Crippen LogP contribution in [0.15, 0.2) is 164 Å². The molecule has 340 valence electrons. The minimum Gasteiger partial charge on any atom is -0.310 e. The van der Waals surface area contributed by atoms with Gasteiger partial charge in [0.2, 0.25) is 0 Å². The SMILES string of the molecule is CC1(c2ccc(C3CCCCC3)cc2)c2ccccc2-c2ccc(N(c3ccc(-c4cc(C5CCCCCCC5)cc(C5CCCCCCC5)c4)cc3)c3ccccc3-c3ccccc3)cc21. The Hall–Kier alpha value is -5.66. The summed E-state index contributed by atoms with van der Waals surface area (Å²) in [5.41, 5.74) is 20.0. The number of para-hydroxylation sites is 1. The predicted molar refractivity (Wildman–Crippen MR) is 285 cm³/mol. The van der Waals surface area contributed by atoms with Gasteiger partial charge in [-0.05, 0) is 155 Å². The fraction of sp³-hybridized carbons (Fsp3) is 0.364. The largest absolute Gasteiger partial charge is 0.310 e. The van der Waals surface area contributed by atoms with Gasteiger partial charge in [0.1, 0.15) is 0 Å². The predicted octanol–water partition coefficient (Wildman–Crippen LogP) is 19.5. The van der Waals surface area contributed by atoms with E-state index < -0.39 is 0 Å². The molecule has 1 heteroatoms. The molecule has 0 aromatic heterocycles. The zero-order chi connectivity index (χ0) is 45.0. The Morgan fingerprint density at radius 3 is 1.46 bits per heavy atom. The average Bonchev–Trinajstić information content (AvgIpc) is 3.62. The highest BCUT2D eigenvalue weighted by Gasteiger charge is 2.41. The van der Waals surface area contributed by atoms with Gasteiger partial charge in [0.15, 0.2) is 0 Å². The molecule has 1 atom stereocenters. The number of benzene rings is 7. The lowest BCUT2D eigenvalue weighted by molar-refractivity contribution is 0.443. The van der Waals surface area contributed by atoms with Crippen LogP contribution in [0.4, 0.5) is 17.1 Å². The fourth-order valence-corrected chi connectivity index (χ4v) is 13.1. The highest BCUT2D eigenvalue weighted by molar-refractivity contribution is 5.91. The topological polar surface area (TPSA) is 3.24 Å². The van der Waals surface area contributed by atoms with Crippen molar-refractivity contribution < 1.29 is 0 Å². The number of fused-ring (bicyclic) bond motifs is 3. The highest BCUT2D eigenvalue weighted by Crippen LogP contribution is 2.55. The summed E-state index contributed by atoms with van der Waals surface area (Å²) in [5.74, 6) is 2.03. The van der Waals surface area contributed by atoms with Crippen molar-refractivity contribution in [3.63, 3.8) is 0 Å². The third kappa shape index (κ3) is 8.97. The van der Waals surface area contributed by atoms with Crippen LogP contribution in [-0.2, 0) is 5.41 Å². The van der Waals surface area contributed by atoms with Gasteiger partial charge in [0.05, 0.1) is 5.69 Å². The zero-order valence-corrected chi connectivity index (χ0v) is 40.2. The van der Waals surface area contributed by atoms with Crippen LogP contribution in [-0.4, -0.2) is 0 Å². The van der Waals surface area contributed by atoms with Crippen LogP contribution in [0.1, 0.15) is 180 Å². The lowest BCUT2D eigenvalue weighted by Crippen LogP contribution is -2.23. The first-order chi connectivity index (χ1) is 33.1. The molecule has 7 aromatic rings. The number of nitrogens with zero attached hydrogens (tertiary/aromatic N) is 1. The molecule has 1 nitrogen and oxygen atoms in total. The molecule has 0 saturated heterocycles. The summed E-state index contributed by atoms with van der Waals surface area (Å²) in [6, 6.07) is 63.8. The van der Waals surface area contributed by atoms with Crippen LogP contribution in [0.2, 0.25) is 0 Å². The van der Waals surface area contributed by atoms with E-state index in [0.29, 0.717) is 17.8 Å². The van der Waals surface area contributed by atoms with Crippen molar-refractivity contribution in [2.75, 3.05) is 4.90 Å². The molecule has 4 aliphatic carbocycles. The van der Waals surface area contributed by atoms with E-state index in [2.05, 4.69) is 176 Å². The minimum absolute atomic E-state index is 0.294. The van der Waals surface area contributed by atoms with E-state index in [1.165, 1.54) is 195 Å². The van der Waals surface area contributed by atoms with Crippen molar-refractivity contribution in [1.29, 1.82) is 0 Å². The second-order valence-electron chi connectivity index (χ2n) is 21.1. The van der Waals surface area contributed by atoms with E-state index >= 15 is 0 Å². The number of hydrogen-bond acceptors (Lipinski definition) is 1. The van der Waals surface area contributed by atoms with E-state index in [1.807, 2.05) is 0 Å². The smallest absolute Gasteiger partial charge is 0.0540 e. The maximum Gasteiger partial charge on any atom is 0.0540 e. The minimum atomic E-state index is -0.294. The van der Waals surface area contributed by atoms with Crippen molar-refractivity contribution in [3.05, 3.63) is 197 Å². The summed E-state index contributed by atoms with van der Waals surface area (Å²) in [4.78, 5) is 2.53. The van der Waals surface area contributed by atoms with Gasteiger partial charge in [-0.15, -0.1) is 0 Å². The van der Waals surface area contributed by atoms with Crippen molar-refractivity contribution in [3.8, 4) is 33.4 Å². The van der Waals surface area contributed by atoms with Crippen LogP contribution in [0.3, 0.4) is 0 Å². The molecule has 0 spiro atoms. The second kappa shape index (κ2) is 19.9.